The van der Waals surface area contributed by atoms with Gasteiger partial charge in [0.25, 0.3) is 0 Å². The molecule has 0 saturated heterocycles. The Kier molecular flexibility index (Phi) is 5.10. The summed E-state index contributed by atoms with van der Waals surface area (Å²) in [6.07, 6.45) is 4.57. The van der Waals surface area contributed by atoms with Crippen LogP contribution in [0, 0.1) is 17.3 Å². The Bertz CT molecular complexity index is 601. The average molecular weight is 334 g/mol. The van der Waals surface area contributed by atoms with Crippen LogP contribution < -0.4 is 0 Å². The van der Waals surface area contributed by atoms with Crippen LogP contribution >= 0.6 is 0 Å². The number of rotatable bonds is 3. The standard InChI is InChI=1S/C20H30O4/c1-7-14(5)18(22)24-15-10-13(4)11-16(21)19(6)8-9-20(23,12(2)3)17(15)19/h7,11-12,15,17,23H,8-10H2,1-6H3/b14-7-. The normalized spacial score (nSPS) is 37.1. The maximum atomic E-state index is 12.8. The molecule has 1 fully saturated rings. The molecule has 4 unspecified atom stereocenters. The lowest BCUT2D eigenvalue weighted by Crippen LogP contribution is -2.52. The molecule has 2 aliphatic rings. The molecule has 0 aromatic heterocycles. The zero-order chi connectivity index (χ0) is 18.3. The third-order valence-corrected chi connectivity index (χ3v) is 6.12. The molecular weight excluding hydrogens is 304 g/mol. The summed E-state index contributed by atoms with van der Waals surface area (Å²) < 4.78 is 5.81. The maximum Gasteiger partial charge on any atom is 0.333 e. The smallest absolute Gasteiger partial charge is 0.333 e. The van der Waals surface area contributed by atoms with Gasteiger partial charge in [-0.1, -0.05) is 32.4 Å². The van der Waals surface area contributed by atoms with Crippen molar-refractivity contribution in [3.05, 3.63) is 23.3 Å². The molecule has 0 spiro atoms. The highest BCUT2D eigenvalue weighted by atomic mass is 16.5. The lowest BCUT2D eigenvalue weighted by molar-refractivity contribution is -0.164. The van der Waals surface area contributed by atoms with Crippen LogP contribution in [-0.2, 0) is 14.3 Å². The lowest BCUT2D eigenvalue weighted by Gasteiger charge is -2.42. The van der Waals surface area contributed by atoms with Gasteiger partial charge in [0.2, 0.25) is 0 Å². The second-order valence-corrected chi connectivity index (χ2v) is 8.02. The van der Waals surface area contributed by atoms with Crippen molar-refractivity contribution in [1.29, 1.82) is 0 Å². The molecule has 4 heteroatoms. The average Bonchev–Trinajstić information content (AvgIpc) is 2.74. The van der Waals surface area contributed by atoms with Gasteiger partial charge in [-0.3, -0.25) is 4.79 Å². The number of allylic oxidation sites excluding steroid dienone is 2. The first-order valence-electron chi connectivity index (χ1n) is 8.84. The van der Waals surface area contributed by atoms with E-state index < -0.39 is 17.1 Å². The monoisotopic (exact) mass is 334 g/mol. The molecule has 2 aliphatic carbocycles. The van der Waals surface area contributed by atoms with E-state index in [1.165, 1.54) is 0 Å². The Morgan fingerprint density at radius 1 is 1.42 bits per heavy atom. The van der Waals surface area contributed by atoms with Crippen LogP contribution in [0.4, 0.5) is 0 Å². The van der Waals surface area contributed by atoms with Crippen molar-refractivity contribution >= 4 is 11.8 Å². The third kappa shape index (κ3) is 2.97. The predicted octanol–water partition coefficient (Wildman–Crippen LogP) is 3.59. The SMILES string of the molecule is C/C=C(/C)C(=O)OC1CC(C)=CC(=O)C2(C)CCC(O)(C(C)C)C12. The van der Waals surface area contributed by atoms with Crippen molar-refractivity contribution in [3.63, 3.8) is 0 Å². The minimum Gasteiger partial charge on any atom is -0.458 e. The van der Waals surface area contributed by atoms with E-state index in [2.05, 4.69) is 0 Å². The summed E-state index contributed by atoms with van der Waals surface area (Å²) in [5.74, 6) is -0.729. The van der Waals surface area contributed by atoms with Gasteiger partial charge in [-0.05, 0) is 45.6 Å². The number of hydrogen-bond acceptors (Lipinski definition) is 4. The highest BCUT2D eigenvalue weighted by Crippen LogP contribution is 2.56. The molecule has 2 rings (SSSR count). The maximum absolute atomic E-state index is 12.8. The highest BCUT2D eigenvalue weighted by molar-refractivity contribution is 5.96. The number of ether oxygens (including phenoxy) is 1. The fraction of sp³-hybridized carbons (Fsp3) is 0.700. The van der Waals surface area contributed by atoms with Crippen molar-refractivity contribution in [2.24, 2.45) is 17.3 Å². The van der Waals surface area contributed by atoms with Gasteiger partial charge in [0.1, 0.15) is 6.10 Å². The van der Waals surface area contributed by atoms with E-state index in [9.17, 15) is 14.7 Å². The summed E-state index contributed by atoms with van der Waals surface area (Å²) in [6.45, 7) is 11.3. The van der Waals surface area contributed by atoms with Crippen molar-refractivity contribution in [2.75, 3.05) is 0 Å². The Morgan fingerprint density at radius 2 is 2.04 bits per heavy atom. The number of fused-ring (bicyclic) bond motifs is 1. The Balaban J connectivity index is 2.48. The van der Waals surface area contributed by atoms with Crippen LogP contribution in [0.25, 0.3) is 0 Å². The van der Waals surface area contributed by atoms with E-state index in [1.807, 2.05) is 27.7 Å². The molecule has 24 heavy (non-hydrogen) atoms. The van der Waals surface area contributed by atoms with E-state index in [1.54, 1.807) is 26.0 Å². The van der Waals surface area contributed by atoms with Crippen LogP contribution in [0.15, 0.2) is 23.3 Å². The van der Waals surface area contributed by atoms with Crippen LogP contribution in [0.3, 0.4) is 0 Å². The molecule has 0 aromatic rings. The molecule has 0 bridgehead atoms. The topological polar surface area (TPSA) is 63.6 Å². The number of carbonyl (C=O) groups is 2. The summed E-state index contributed by atoms with van der Waals surface area (Å²) in [6, 6.07) is 0. The molecule has 0 aromatic carbocycles. The van der Waals surface area contributed by atoms with E-state index in [0.717, 1.165) is 5.57 Å². The molecule has 1 saturated carbocycles. The van der Waals surface area contributed by atoms with Crippen LogP contribution in [0.1, 0.15) is 60.8 Å². The zero-order valence-corrected chi connectivity index (χ0v) is 15.7. The van der Waals surface area contributed by atoms with Crippen molar-refractivity contribution in [3.8, 4) is 0 Å². The first kappa shape index (κ1) is 18.9. The molecule has 4 atom stereocenters. The van der Waals surface area contributed by atoms with Crippen LogP contribution in [-0.4, -0.2) is 28.6 Å². The van der Waals surface area contributed by atoms with Gasteiger partial charge >= 0.3 is 5.97 Å². The van der Waals surface area contributed by atoms with Gasteiger partial charge in [-0.25, -0.2) is 4.79 Å². The Hall–Kier alpha value is -1.42. The van der Waals surface area contributed by atoms with Gasteiger partial charge < -0.3 is 9.84 Å². The van der Waals surface area contributed by atoms with E-state index >= 15 is 0 Å². The molecule has 0 radical (unpaired) electrons. The van der Waals surface area contributed by atoms with Crippen LogP contribution in [0.2, 0.25) is 0 Å². The fourth-order valence-corrected chi connectivity index (χ4v) is 4.32. The highest BCUT2D eigenvalue weighted by Gasteiger charge is 2.62. The quantitative estimate of drug-likeness (QED) is 0.633. The molecular formula is C20H30O4. The van der Waals surface area contributed by atoms with Crippen LogP contribution in [0.5, 0.6) is 0 Å². The molecule has 4 nitrogen and oxygen atoms in total. The van der Waals surface area contributed by atoms with Crippen molar-refractivity contribution in [1.82, 2.24) is 0 Å². The summed E-state index contributed by atoms with van der Waals surface area (Å²) in [7, 11) is 0. The van der Waals surface area contributed by atoms with E-state index in [-0.39, 0.29) is 23.6 Å². The Labute approximate surface area is 145 Å². The van der Waals surface area contributed by atoms with E-state index in [4.69, 9.17) is 4.74 Å². The van der Waals surface area contributed by atoms with Gasteiger partial charge in [0.15, 0.2) is 5.78 Å². The molecule has 0 amide bonds. The van der Waals surface area contributed by atoms with E-state index in [0.29, 0.717) is 24.8 Å². The van der Waals surface area contributed by atoms with Crippen molar-refractivity contribution < 1.29 is 19.4 Å². The number of esters is 1. The summed E-state index contributed by atoms with van der Waals surface area (Å²) in [4.78, 5) is 25.2. The second-order valence-electron chi connectivity index (χ2n) is 8.02. The number of hydrogen-bond donors (Lipinski definition) is 1. The Morgan fingerprint density at radius 3 is 2.58 bits per heavy atom. The zero-order valence-electron chi connectivity index (χ0n) is 15.7. The summed E-state index contributed by atoms with van der Waals surface area (Å²) in [5.41, 5.74) is -0.249. The molecule has 0 heterocycles. The molecule has 134 valence electrons. The first-order valence-corrected chi connectivity index (χ1v) is 8.84. The minimum atomic E-state index is -1.00. The third-order valence-electron chi connectivity index (χ3n) is 6.12. The van der Waals surface area contributed by atoms with Crippen molar-refractivity contribution in [2.45, 2.75) is 72.5 Å². The fourth-order valence-electron chi connectivity index (χ4n) is 4.32. The second kappa shape index (κ2) is 6.47. The number of aliphatic hydroxyl groups is 1. The summed E-state index contributed by atoms with van der Waals surface area (Å²) >= 11 is 0. The summed E-state index contributed by atoms with van der Waals surface area (Å²) in [5, 5.41) is 11.4. The number of ketones is 1. The predicted molar refractivity (Wildman–Crippen MR) is 93.3 cm³/mol. The lowest BCUT2D eigenvalue weighted by atomic mass is 9.67. The van der Waals surface area contributed by atoms with Gasteiger partial charge in [0, 0.05) is 23.3 Å². The molecule has 1 N–H and O–H groups in total. The first-order chi connectivity index (χ1) is 11.1. The molecule has 0 aliphatic heterocycles. The number of carbonyl (C=O) groups excluding carboxylic acids is 2. The van der Waals surface area contributed by atoms with Gasteiger partial charge in [-0.15, -0.1) is 0 Å². The largest absolute Gasteiger partial charge is 0.458 e. The van der Waals surface area contributed by atoms with Gasteiger partial charge in [-0.2, -0.15) is 0 Å². The minimum absolute atomic E-state index is 0.0143. The van der Waals surface area contributed by atoms with Gasteiger partial charge in [0.05, 0.1) is 5.60 Å².